The van der Waals surface area contributed by atoms with Gasteiger partial charge in [0, 0.05) is 37.0 Å². The molecule has 1 aromatic carbocycles. The molecule has 1 atom stereocenters. The molecule has 0 bridgehead atoms. The summed E-state index contributed by atoms with van der Waals surface area (Å²) in [6, 6.07) is 9.30. The Kier molecular flexibility index (Phi) is 5.55. The van der Waals surface area contributed by atoms with Gasteiger partial charge in [-0.15, -0.1) is 0 Å². The Morgan fingerprint density at radius 2 is 2.06 bits per heavy atom. The standard InChI is InChI=1S/C26H29N3O3/c1-2-7-20-22(32-16-19-10-5-6-13-28-19)12-11-21-23(20)25(31)29-15-14-27-17-26(29,24(21)30)18-8-3-4-9-18/h2,5-7,10-13,18,27H,3-4,8-9,14-17H2,1H3/b7-2+. The first-order chi connectivity index (χ1) is 15.7. The van der Waals surface area contributed by atoms with Crippen molar-refractivity contribution in [3.8, 4) is 5.75 Å². The summed E-state index contributed by atoms with van der Waals surface area (Å²) in [6.45, 7) is 4.00. The molecule has 1 saturated heterocycles. The Morgan fingerprint density at radius 1 is 1.22 bits per heavy atom. The van der Waals surface area contributed by atoms with Crippen LogP contribution in [0.3, 0.4) is 0 Å². The highest BCUT2D eigenvalue weighted by Crippen LogP contribution is 2.45. The Morgan fingerprint density at radius 3 is 2.81 bits per heavy atom. The van der Waals surface area contributed by atoms with E-state index >= 15 is 0 Å². The predicted octanol–water partition coefficient (Wildman–Crippen LogP) is 3.86. The van der Waals surface area contributed by atoms with Gasteiger partial charge < -0.3 is 15.0 Å². The van der Waals surface area contributed by atoms with E-state index < -0.39 is 5.54 Å². The number of hydrogen-bond acceptors (Lipinski definition) is 5. The van der Waals surface area contributed by atoms with E-state index in [0.717, 1.165) is 31.4 Å². The molecule has 6 heteroatoms. The van der Waals surface area contributed by atoms with Crippen LogP contribution < -0.4 is 10.1 Å². The van der Waals surface area contributed by atoms with Crippen molar-refractivity contribution in [3.63, 3.8) is 0 Å². The fourth-order valence-electron chi connectivity index (χ4n) is 5.69. The molecule has 0 radical (unpaired) electrons. The summed E-state index contributed by atoms with van der Waals surface area (Å²) in [7, 11) is 0. The van der Waals surface area contributed by atoms with Crippen molar-refractivity contribution < 1.29 is 14.3 Å². The van der Waals surface area contributed by atoms with Crippen LogP contribution in [0.15, 0.2) is 42.6 Å². The minimum absolute atomic E-state index is 0.0515. The third-order valence-corrected chi connectivity index (χ3v) is 7.16. The molecule has 5 rings (SSSR count). The second-order valence-corrected chi connectivity index (χ2v) is 8.88. The van der Waals surface area contributed by atoms with E-state index in [2.05, 4.69) is 10.3 Å². The number of carbonyl (C=O) groups is 2. The van der Waals surface area contributed by atoms with Gasteiger partial charge in [-0.3, -0.25) is 14.6 Å². The van der Waals surface area contributed by atoms with E-state index in [4.69, 9.17) is 4.74 Å². The van der Waals surface area contributed by atoms with Gasteiger partial charge in [0.1, 0.15) is 17.9 Å². The monoisotopic (exact) mass is 431 g/mol. The number of benzene rings is 1. The van der Waals surface area contributed by atoms with Crippen LogP contribution in [-0.2, 0) is 6.61 Å². The zero-order valence-electron chi connectivity index (χ0n) is 18.5. The number of rotatable bonds is 5. The summed E-state index contributed by atoms with van der Waals surface area (Å²) < 4.78 is 6.08. The van der Waals surface area contributed by atoms with E-state index in [-0.39, 0.29) is 17.6 Å². The summed E-state index contributed by atoms with van der Waals surface area (Å²) in [4.78, 5) is 34.2. The minimum atomic E-state index is -0.762. The van der Waals surface area contributed by atoms with Gasteiger partial charge in [0.2, 0.25) is 0 Å². The van der Waals surface area contributed by atoms with Crippen molar-refractivity contribution in [3.05, 3.63) is 65.0 Å². The number of pyridine rings is 1. The Balaban J connectivity index is 1.59. The van der Waals surface area contributed by atoms with Crippen LogP contribution in [-0.4, -0.2) is 46.7 Å². The topological polar surface area (TPSA) is 71.5 Å². The number of piperazine rings is 1. The molecule has 1 saturated carbocycles. The van der Waals surface area contributed by atoms with Crippen LogP contribution in [0.25, 0.3) is 6.08 Å². The zero-order chi connectivity index (χ0) is 22.1. The van der Waals surface area contributed by atoms with Crippen molar-refractivity contribution in [1.82, 2.24) is 15.2 Å². The lowest BCUT2D eigenvalue weighted by Gasteiger charge is -2.52. The number of fused-ring (bicyclic) bond motifs is 2. The minimum Gasteiger partial charge on any atom is -0.487 e. The Hall–Kier alpha value is -2.99. The van der Waals surface area contributed by atoms with Gasteiger partial charge in [-0.05, 0) is 49.9 Å². The highest BCUT2D eigenvalue weighted by Gasteiger charge is 2.57. The van der Waals surface area contributed by atoms with Gasteiger partial charge >= 0.3 is 0 Å². The van der Waals surface area contributed by atoms with Crippen LogP contribution in [0.1, 0.15) is 64.6 Å². The van der Waals surface area contributed by atoms with Crippen molar-refractivity contribution in [2.75, 3.05) is 19.6 Å². The van der Waals surface area contributed by atoms with Crippen LogP contribution >= 0.6 is 0 Å². The number of hydrogen-bond donors (Lipinski definition) is 1. The fourth-order valence-corrected chi connectivity index (χ4v) is 5.69. The second kappa shape index (κ2) is 8.51. The summed E-state index contributed by atoms with van der Waals surface area (Å²) >= 11 is 0. The number of nitrogens with one attached hydrogen (secondary N) is 1. The summed E-state index contributed by atoms with van der Waals surface area (Å²) in [5, 5.41) is 3.41. The number of ether oxygens (including phenoxy) is 1. The molecule has 32 heavy (non-hydrogen) atoms. The van der Waals surface area contributed by atoms with Gasteiger partial charge in [-0.25, -0.2) is 0 Å². The SMILES string of the molecule is C/C=C/c1c(OCc2ccccn2)ccc2c1C(=O)N1CCNCC1(C1CCCC1)C2=O. The molecule has 6 nitrogen and oxygen atoms in total. The van der Waals surface area contributed by atoms with Gasteiger partial charge in [0.25, 0.3) is 5.91 Å². The number of carbonyl (C=O) groups excluding carboxylic acids is 2. The molecule has 1 amide bonds. The smallest absolute Gasteiger partial charge is 0.256 e. The van der Waals surface area contributed by atoms with E-state index in [1.807, 2.05) is 48.2 Å². The van der Waals surface area contributed by atoms with E-state index in [0.29, 0.717) is 48.7 Å². The number of nitrogens with zero attached hydrogens (tertiary/aromatic N) is 2. The van der Waals surface area contributed by atoms with Crippen LogP contribution in [0.5, 0.6) is 5.75 Å². The first-order valence-electron chi connectivity index (χ1n) is 11.6. The molecule has 1 aromatic heterocycles. The highest BCUT2D eigenvalue weighted by atomic mass is 16.5. The first kappa shape index (κ1) is 20.9. The van der Waals surface area contributed by atoms with Crippen molar-refractivity contribution in [1.29, 1.82) is 0 Å². The molecule has 1 aliphatic carbocycles. The summed E-state index contributed by atoms with van der Waals surface area (Å²) in [6.07, 6.45) is 9.74. The molecule has 3 heterocycles. The largest absolute Gasteiger partial charge is 0.487 e. The molecular formula is C26H29N3O3. The molecular weight excluding hydrogens is 402 g/mol. The normalized spacial score (nSPS) is 23.5. The third-order valence-electron chi connectivity index (χ3n) is 7.16. The van der Waals surface area contributed by atoms with Crippen molar-refractivity contribution in [2.24, 2.45) is 5.92 Å². The maximum atomic E-state index is 14.0. The predicted molar refractivity (Wildman–Crippen MR) is 123 cm³/mol. The number of allylic oxidation sites excluding steroid dienone is 1. The third kappa shape index (κ3) is 3.25. The van der Waals surface area contributed by atoms with Crippen molar-refractivity contribution in [2.45, 2.75) is 44.8 Å². The lowest BCUT2D eigenvalue weighted by molar-refractivity contribution is 0.0107. The van der Waals surface area contributed by atoms with Crippen molar-refractivity contribution >= 4 is 17.8 Å². The Bertz CT molecular complexity index is 1060. The number of amides is 1. The molecule has 3 aliphatic rings. The highest BCUT2D eigenvalue weighted by molar-refractivity contribution is 6.19. The molecule has 1 unspecified atom stereocenters. The average molecular weight is 432 g/mol. The molecule has 1 N–H and O–H groups in total. The lowest BCUT2D eigenvalue weighted by Crippen LogP contribution is -2.72. The average Bonchev–Trinajstić information content (AvgIpc) is 3.38. The first-order valence-corrected chi connectivity index (χ1v) is 11.6. The molecule has 2 aromatic rings. The number of ketones is 1. The van der Waals surface area contributed by atoms with Crippen LogP contribution in [0, 0.1) is 5.92 Å². The second-order valence-electron chi connectivity index (χ2n) is 8.88. The summed E-state index contributed by atoms with van der Waals surface area (Å²) in [5.41, 5.74) is 1.73. The molecule has 0 spiro atoms. The van der Waals surface area contributed by atoms with Crippen LogP contribution in [0.2, 0.25) is 0 Å². The van der Waals surface area contributed by atoms with E-state index in [9.17, 15) is 9.59 Å². The molecule has 2 fully saturated rings. The number of Topliss-reactive ketones (excluding diaryl/α,β-unsaturated/α-hetero) is 1. The maximum Gasteiger partial charge on any atom is 0.256 e. The van der Waals surface area contributed by atoms with Gasteiger partial charge in [0.15, 0.2) is 5.78 Å². The van der Waals surface area contributed by atoms with Gasteiger partial charge in [0.05, 0.1) is 11.3 Å². The quantitative estimate of drug-likeness (QED) is 0.778. The Labute approximate surface area is 188 Å². The van der Waals surface area contributed by atoms with Gasteiger partial charge in [-0.2, -0.15) is 0 Å². The number of aromatic nitrogens is 1. The zero-order valence-corrected chi connectivity index (χ0v) is 18.5. The summed E-state index contributed by atoms with van der Waals surface area (Å²) in [5.74, 6) is 0.833. The van der Waals surface area contributed by atoms with Crippen LogP contribution in [0.4, 0.5) is 0 Å². The fraction of sp³-hybridized carbons (Fsp3) is 0.423. The van der Waals surface area contributed by atoms with Gasteiger partial charge in [-0.1, -0.05) is 31.1 Å². The lowest BCUT2D eigenvalue weighted by atomic mass is 9.70. The van der Waals surface area contributed by atoms with E-state index in [1.54, 1.807) is 12.3 Å². The van der Waals surface area contributed by atoms with E-state index in [1.165, 1.54) is 0 Å². The molecule has 2 aliphatic heterocycles. The maximum absolute atomic E-state index is 14.0. The molecule has 166 valence electrons.